The second-order valence-electron chi connectivity index (χ2n) is 3.04. The molecule has 0 heterocycles. The summed E-state index contributed by atoms with van der Waals surface area (Å²) in [4.78, 5) is 9.98. The van der Waals surface area contributed by atoms with Crippen LogP contribution in [0, 0.1) is 0 Å². The minimum absolute atomic E-state index is 0.850. The van der Waals surface area contributed by atoms with Crippen LogP contribution in [-0.2, 0) is 4.79 Å². The molecule has 3 heteroatoms. The summed E-state index contributed by atoms with van der Waals surface area (Å²) in [5.41, 5.74) is 1.80. The van der Waals surface area contributed by atoms with Crippen LogP contribution in [-0.4, -0.2) is 19.1 Å². The Bertz CT molecular complexity index is 132. The van der Waals surface area contributed by atoms with Crippen LogP contribution >= 0.6 is 0 Å². The number of hydrogen-bond acceptors (Lipinski definition) is 1. The monoisotopic (exact) mass is 144 g/mol. The maximum absolute atomic E-state index is 9.98. The Kier molecular flexibility index (Phi) is 2.64. The molecule has 52 valence electrons. The van der Waals surface area contributed by atoms with Crippen LogP contribution in [0.2, 0.25) is 19.6 Å². The molecule has 0 bridgehead atoms. The molecule has 0 saturated carbocycles. The summed E-state index contributed by atoms with van der Waals surface area (Å²) in [6.07, 6.45) is 1.23. The van der Waals surface area contributed by atoms with Crippen LogP contribution in [0.4, 0.5) is 0 Å². The van der Waals surface area contributed by atoms with Gasteiger partial charge in [-0.25, -0.2) is 4.79 Å². The molecule has 0 rings (SSSR count). The van der Waals surface area contributed by atoms with Gasteiger partial charge in [0.05, 0.1) is 8.07 Å². The van der Waals surface area contributed by atoms with Crippen molar-refractivity contribution < 1.29 is 9.90 Å². The fraction of sp³-hybridized carbons (Fsp3) is 0.500. The number of aliphatic carboxylic acids is 1. The van der Waals surface area contributed by atoms with E-state index in [0.717, 1.165) is 0 Å². The van der Waals surface area contributed by atoms with Gasteiger partial charge in [0, 0.05) is 6.08 Å². The van der Waals surface area contributed by atoms with E-state index in [1.807, 2.05) is 0 Å². The lowest BCUT2D eigenvalue weighted by atomic mass is 10.7. The van der Waals surface area contributed by atoms with Crippen LogP contribution in [0.25, 0.3) is 0 Å². The van der Waals surface area contributed by atoms with Gasteiger partial charge in [-0.3, -0.25) is 0 Å². The SMILES string of the molecule is C[Si](C)(C)/C=C\C(=O)O. The lowest BCUT2D eigenvalue weighted by Crippen LogP contribution is -2.16. The zero-order valence-corrected chi connectivity index (χ0v) is 7.01. The molecule has 2 nitrogen and oxygen atoms in total. The summed E-state index contributed by atoms with van der Waals surface area (Å²) in [7, 11) is -1.28. The van der Waals surface area contributed by atoms with E-state index in [1.165, 1.54) is 6.08 Å². The molecule has 0 atom stereocenters. The summed E-state index contributed by atoms with van der Waals surface area (Å²) in [5.74, 6) is -0.850. The summed E-state index contributed by atoms with van der Waals surface area (Å²) in [5, 5.41) is 8.21. The molecule has 0 fully saturated rings. The number of rotatable bonds is 2. The Morgan fingerprint density at radius 2 is 1.89 bits per heavy atom. The predicted octanol–water partition coefficient (Wildman–Crippen LogP) is 1.50. The van der Waals surface area contributed by atoms with Crippen molar-refractivity contribution >= 4 is 14.0 Å². The average Bonchev–Trinajstić information content (AvgIpc) is 1.59. The lowest BCUT2D eigenvalue weighted by Gasteiger charge is -2.06. The molecule has 0 amide bonds. The van der Waals surface area contributed by atoms with E-state index in [9.17, 15) is 4.79 Å². The van der Waals surface area contributed by atoms with Gasteiger partial charge in [0.2, 0.25) is 0 Å². The highest BCUT2D eigenvalue weighted by Gasteiger charge is 2.07. The molecule has 9 heavy (non-hydrogen) atoms. The number of hydrogen-bond donors (Lipinski definition) is 1. The fourth-order valence-corrected chi connectivity index (χ4v) is 0.964. The van der Waals surface area contributed by atoms with Crippen molar-refractivity contribution in [1.82, 2.24) is 0 Å². The van der Waals surface area contributed by atoms with E-state index in [1.54, 1.807) is 5.70 Å². The minimum Gasteiger partial charge on any atom is -0.478 e. The summed E-state index contributed by atoms with van der Waals surface area (Å²) >= 11 is 0. The van der Waals surface area contributed by atoms with E-state index >= 15 is 0 Å². The van der Waals surface area contributed by atoms with Crippen molar-refractivity contribution in [3.05, 3.63) is 11.8 Å². The van der Waals surface area contributed by atoms with E-state index in [0.29, 0.717) is 0 Å². The maximum atomic E-state index is 9.98. The molecule has 1 N–H and O–H groups in total. The minimum atomic E-state index is -1.28. The van der Waals surface area contributed by atoms with E-state index in [-0.39, 0.29) is 0 Å². The van der Waals surface area contributed by atoms with Crippen LogP contribution in [0.3, 0.4) is 0 Å². The second-order valence-corrected chi connectivity index (χ2v) is 8.10. The van der Waals surface area contributed by atoms with Crippen molar-refractivity contribution in [2.45, 2.75) is 19.6 Å². The molecule has 0 aliphatic carbocycles. The van der Waals surface area contributed by atoms with E-state index in [2.05, 4.69) is 19.6 Å². The Morgan fingerprint density at radius 1 is 1.44 bits per heavy atom. The van der Waals surface area contributed by atoms with Gasteiger partial charge in [-0.2, -0.15) is 0 Å². The van der Waals surface area contributed by atoms with E-state index in [4.69, 9.17) is 5.11 Å². The van der Waals surface area contributed by atoms with Crippen LogP contribution < -0.4 is 0 Å². The quantitative estimate of drug-likeness (QED) is 0.471. The molecule has 0 saturated heterocycles. The zero-order chi connectivity index (χ0) is 7.49. The van der Waals surface area contributed by atoms with Crippen molar-refractivity contribution in [2.75, 3.05) is 0 Å². The van der Waals surface area contributed by atoms with E-state index < -0.39 is 14.0 Å². The largest absolute Gasteiger partial charge is 0.478 e. The first kappa shape index (κ1) is 8.43. The summed E-state index contributed by atoms with van der Waals surface area (Å²) in [6, 6.07) is 0. The Balaban J connectivity index is 3.86. The van der Waals surface area contributed by atoms with Gasteiger partial charge in [0.25, 0.3) is 0 Å². The van der Waals surface area contributed by atoms with Gasteiger partial charge in [-0.15, -0.1) is 0 Å². The molecule has 0 aromatic carbocycles. The number of carbonyl (C=O) groups is 1. The first-order valence-corrected chi connectivity index (χ1v) is 6.42. The van der Waals surface area contributed by atoms with Gasteiger partial charge in [0.15, 0.2) is 0 Å². The van der Waals surface area contributed by atoms with Crippen molar-refractivity contribution in [3.8, 4) is 0 Å². The average molecular weight is 144 g/mol. The molecule has 0 aromatic rings. The third kappa shape index (κ3) is 7.43. The molecule has 0 spiro atoms. The second kappa shape index (κ2) is 2.82. The maximum Gasteiger partial charge on any atom is 0.327 e. The Hall–Kier alpha value is -0.573. The lowest BCUT2D eigenvalue weighted by molar-refractivity contribution is -0.131. The highest BCUT2D eigenvalue weighted by Crippen LogP contribution is 2.00. The predicted molar refractivity (Wildman–Crippen MR) is 40.1 cm³/mol. The van der Waals surface area contributed by atoms with Gasteiger partial charge < -0.3 is 5.11 Å². The molecule has 0 aliphatic rings. The van der Waals surface area contributed by atoms with Crippen LogP contribution in [0.15, 0.2) is 11.8 Å². The topological polar surface area (TPSA) is 37.3 Å². The smallest absolute Gasteiger partial charge is 0.327 e. The van der Waals surface area contributed by atoms with Gasteiger partial charge in [0.1, 0.15) is 0 Å². The van der Waals surface area contributed by atoms with Gasteiger partial charge >= 0.3 is 5.97 Å². The molecule has 0 aliphatic heterocycles. The first-order chi connectivity index (χ1) is 3.92. The standard InChI is InChI=1S/C6H12O2Si/c1-9(2,3)5-4-6(7)8/h4-5H,1-3H3,(H,7,8)/b5-4-. The summed E-state index contributed by atoms with van der Waals surface area (Å²) in [6.45, 7) is 6.27. The van der Waals surface area contributed by atoms with Crippen molar-refractivity contribution in [3.63, 3.8) is 0 Å². The summed E-state index contributed by atoms with van der Waals surface area (Å²) < 4.78 is 0. The third-order valence-electron chi connectivity index (χ3n) is 0.726. The Labute approximate surface area is 56.2 Å². The van der Waals surface area contributed by atoms with Crippen LogP contribution in [0.1, 0.15) is 0 Å². The molecule has 0 radical (unpaired) electrons. The van der Waals surface area contributed by atoms with Gasteiger partial charge in [-0.05, 0) is 0 Å². The highest BCUT2D eigenvalue weighted by molar-refractivity contribution is 6.81. The molecule has 0 aromatic heterocycles. The fourth-order valence-electron chi connectivity index (χ4n) is 0.321. The molecular weight excluding hydrogens is 132 g/mol. The first-order valence-electron chi connectivity index (χ1n) is 2.84. The Morgan fingerprint density at radius 3 is 2.00 bits per heavy atom. The highest BCUT2D eigenvalue weighted by atomic mass is 28.3. The normalized spacial score (nSPS) is 12.3. The zero-order valence-electron chi connectivity index (χ0n) is 6.01. The molecule has 0 unspecified atom stereocenters. The van der Waals surface area contributed by atoms with Crippen LogP contribution in [0.5, 0.6) is 0 Å². The van der Waals surface area contributed by atoms with Crippen molar-refractivity contribution in [1.29, 1.82) is 0 Å². The number of carboxylic acids is 1. The third-order valence-corrected chi connectivity index (χ3v) is 1.89. The number of carboxylic acid groups (broad SMARTS) is 1. The van der Waals surface area contributed by atoms with Crippen molar-refractivity contribution in [2.24, 2.45) is 0 Å². The molecular formula is C6H12O2Si. The van der Waals surface area contributed by atoms with Gasteiger partial charge in [-0.1, -0.05) is 25.3 Å².